The number of rotatable bonds is 16. The molecule has 2 rings (SSSR count). The van der Waals surface area contributed by atoms with Crippen molar-refractivity contribution in [1.82, 2.24) is 0 Å². The maximum atomic E-state index is 5.94. The zero-order valence-corrected chi connectivity index (χ0v) is 19.7. The second-order valence-corrected chi connectivity index (χ2v) is 8.59. The first kappa shape index (κ1) is 25.1. The van der Waals surface area contributed by atoms with E-state index in [0.717, 1.165) is 29.9 Å². The van der Waals surface area contributed by atoms with Gasteiger partial charge in [-0.1, -0.05) is 127 Å². The molecule has 0 fully saturated rings. The van der Waals surface area contributed by atoms with Crippen LogP contribution in [0.4, 0.5) is 0 Å². The quantitative estimate of drug-likeness (QED) is 0.195. The van der Waals surface area contributed by atoms with Crippen molar-refractivity contribution in [2.45, 2.75) is 96.8 Å². The fourth-order valence-corrected chi connectivity index (χ4v) is 3.82. The molecule has 0 bridgehead atoms. The van der Waals surface area contributed by atoms with Crippen molar-refractivity contribution in [3.8, 4) is 17.6 Å². The maximum Gasteiger partial charge on any atom is 0.120 e. The third-order valence-corrected chi connectivity index (χ3v) is 5.73. The molecule has 1 heteroatoms. The SMILES string of the molecule is CCCCCCCCCCCCCCCCOc1cccc(C#Cc2ccccc2)c1. The normalized spacial score (nSPS) is 10.5. The lowest BCUT2D eigenvalue weighted by molar-refractivity contribution is 0.304. The van der Waals surface area contributed by atoms with E-state index >= 15 is 0 Å². The Bertz CT molecular complexity index is 738. The first-order chi connectivity index (χ1) is 15.4. The topological polar surface area (TPSA) is 9.23 Å². The minimum Gasteiger partial charge on any atom is -0.494 e. The summed E-state index contributed by atoms with van der Waals surface area (Å²) in [6, 6.07) is 18.2. The second kappa shape index (κ2) is 17.5. The van der Waals surface area contributed by atoms with Gasteiger partial charge in [0.1, 0.15) is 5.75 Å². The van der Waals surface area contributed by atoms with E-state index in [9.17, 15) is 0 Å². The molecule has 2 aromatic rings. The Morgan fingerprint density at radius 1 is 0.548 bits per heavy atom. The minimum absolute atomic E-state index is 0.799. The Morgan fingerprint density at radius 3 is 1.68 bits per heavy atom. The summed E-state index contributed by atoms with van der Waals surface area (Å²) in [5.74, 6) is 7.36. The zero-order chi connectivity index (χ0) is 21.8. The summed E-state index contributed by atoms with van der Waals surface area (Å²) < 4.78 is 5.94. The van der Waals surface area contributed by atoms with E-state index in [-0.39, 0.29) is 0 Å². The van der Waals surface area contributed by atoms with E-state index in [1.807, 2.05) is 54.6 Å². The van der Waals surface area contributed by atoms with Crippen LogP contribution in [-0.2, 0) is 0 Å². The van der Waals surface area contributed by atoms with Crippen LogP contribution >= 0.6 is 0 Å². The summed E-state index contributed by atoms with van der Waals surface area (Å²) >= 11 is 0. The van der Waals surface area contributed by atoms with Crippen LogP contribution in [0.3, 0.4) is 0 Å². The third-order valence-electron chi connectivity index (χ3n) is 5.73. The maximum absolute atomic E-state index is 5.94. The van der Waals surface area contributed by atoms with Gasteiger partial charge in [-0.05, 0) is 36.8 Å². The number of hydrogen-bond acceptors (Lipinski definition) is 1. The molecule has 0 saturated heterocycles. The molecular formula is C30H42O. The summed E-state index contributed by atoms with van der Waals surface area (Å²) in [5.41, 5.74) is 2.04. The van der Waals surface area contributed by atoms with Crippen molar-refractivity contribution in [1.29, 1.82) is 0 Å². The summed E-state index contributed by atoms with van der Waals surface area (Å²) in [6.07, 6.45) is 19.4. The fraction of sp³-hybridized carbons (Fsp3) is 0.533. The largest absolute Gasteiger partial charge is 0.494 e. The Kier molecular flexibility index (Phi) is 14.1. The van der Waals surface area contributed by atoms with E-state index < -0.39 is 0 Å². The van der Waals surface area contributed by atoms with Crippen LogP contribution in [-0.4, -0.2) is 6.61 Å². The van der Waals surface area contributed by atoms with Gasteiger partial charge < -0.3 is 4.74 Å². The Morgan fingerprint density at radius 2 is 1.06 bits per heavy atom. The molecule has 0 aliphatic rings. The molecule has 1 nitrogen and oxygen atoms in total. The lowest BCUT2D eigenvalue weighted by Crippen LogP contribution is -1.97. The first-order valence-corrected chi connectivity index (χ1v) is 12.7. The van der Waals surface area contributed by atoms with Gasteiger partial charge in [0, 0.05) is 11.1 Å². The molecule has 0 amide bonds. The number of benzene rings is 2. The van der Waals surface area contributed by atoms with E-state index in [2.05, 4.69) is 18.8 Å². The first-order valence-electron chi connectivity index (χ1n) is 12.7. The molecule has 0 saturated carbocycles. The van der Waals surface area contributed by atoms with Gasteiger partial charge in [-0.25, -0.2) is 0 Å². The van der Waals surface area contributed by atoms with Gasteiger partial charge >= 0.3 is 0 Å². The smallest absolute Gasteiger partial charge is 0.120 e. The van der Waals surface area contributed by atoms with Crippen LogP contribution in [0.15, 0.2) is 54.6 Å². The van der Waals surface area contributed by atoms with Crippen molar-refractivity contribution in [2.24, 2.45) is 0 Å². The zero-order valence-electron chi connectivity index (χ0n) is 19.7. The molecule has 0 aromatic heterocycles. The van der Waals surface area contributed by atoms with Crippen LogP contribution in [0.25, 0.3) is 0 Å². The van der Waals surface area contributed by atoms with Gasteiger partial charge in [-0.15, -0.1) is 0 Å². The van der Waals surface area contributed by atoms with Crippen molar-refractivity contribution >= 4 is 0 Å². The minimum atomic E-state index is 0.799. The van der Waals surface area contributed by atoms with E-state index in [1.54, 1.807) is 0 Å². The van der Waals surface area contributed by atoms with Crippen molar-refractivity contribution in [3.05, 3.63) is 65.7 Å². The molecule has 168 valence electrons. The molecule has 0 unspecified atom stereocenters. The standard InChI is InChI=1S/C30H42O/c1-2-3-4-5-6-7-8-9-10-11-12-13-14-18-26-31-30-23-19-22-29(27-30)25-24-28-20-16-15-17-21-28/h15-17,19-23,27H,2-14,18,26H2,1H3. The molecule has 0 N–H and O–H groups in total. The van der Waals surface area contributed by atoms with Crippen molar-refractivity contribution < 1.29 is 4.74 Å². The van der Waals surface area contributed by atoms with E-state index in [0.29, 0.717) is 0 Å². The number of unbranched alkanes of at least 4 members (excludes halogenated alkanes) is 13. The number of ether oxygens (including phenoxy) is 1. The average Bonchev–Trinajstić information content (AvgIpc) is 2.81. The van der Waals surface area contributed by atoms with Gasteiger partial charge in [0.15, 0.2) is 0 Å². The van der Waals surface area contributed by atoms with Crippen molar-refractivity contribution in [3.63, 3.8) is 0 Å². The predicted octanol–water partition coefficient (Wildman–Crippen LogP) is 8.95. The van der Waals surface area contributed by atoms with E-state index in [1.165, 1.54) is 83.5 Å². The van der Waals surface area contributed by atoms with Crippen LogP contribution in [0, 0.1) is 11.8 Å². The Hall–Kier alpha value is -2.20. The molecule has 2 aromatic carbocycles. The molecule has 0 heterocycles. The van der Waals surface area contributed by atoms with Gasteiger partial charge in [-0.2, -0.15) is 0 Å². The summed E-state index contributed by atoms with van der Waals surface area (Å²) in [6.45, 7) is 3.09. The Labute approximate surface area is 191 Å². The highest BCUT2D eigenvalue weighted by atomic mass is 16.5. The highest BCUT2D eigenvalue weighted by Crippen LogP contribution is 2.15. The Balaban J connectivity index is 1.45. The van der Waals surface area contributed by atoms with Gasteiger partial charge in [0.2, 0.25) is 0 Å². The van der Waals surface area contributed by atoms with Gasteiger partial charge in [0.05, 0.1) is 6.61 Å². The molecule has 0 radical (unpaired) electrons. The lowest BCUT2D eigenvalue weighted by atomic mass is 10.0. The summed E-state index contributed by atoms with van der Waals surface area (Å²) in [4.78, 5) is 0. The van der Waals surface area contributed by atoms with Crippen molar-refractivity contribution in [2.75, 3.05) is 6.61 Å². The highest BCUT2D eigenvalue weighted by Gasteiger charge is 1.97. The fourth-order valence-electron chi connectivity index (χ4n) is 3.82. The van der Waals surface area contributed by atoms with Gasteiger partial charge in [-0.3, -0.25) is 0 Å². The van der Waals surface area contributed by atoms with E-state index in [4.69, 9.17) is 4.74 Å². The number of hydrogen-bond donors (Lipinski definition) is 0. The molecule has 0 atom stereocenters. The van der Waals surface area contributed by atoms with Gasteiger partial charge in [0.25, 0.3) is 0 Å². The highest BCUT2D eigenvalue weighted by molar-refractivity contribution is 5.45. The lowest BCUT2D eigenvalue weighted by Gasteiger charge is -2.06. The van der Waals surface area contributed by atoms with Crippen LogP contribution < -0.4 is 4.74 Å². The average molecular weight is 419 g/mol. The monoisotopic (exact) mass is 418 g/mol. The third kappa shape index (κ3) is 13.0. The van der Waals surface area contributed by atoms with Crippen LogP contribution in [0.1, 0.15) is 108 Å². The predicted molar refractivity (Wildman–Crippen MR) is 135 cm³/mol. The second-order valence-electron chi connectivity index (χ2n) is 8.59. The summed E-state index contributed by atoms with van der Waals surface area (Å²) in [7, 11) is 0. The molecule has 0 aliphatic carbocycles. The summed E-state index contributed by atoms with van der Waals surface area (Å²) in [5, 5.41) is 0. The molecule has 0 aliphatic heterocycles. The van der Waals surface area contributed by atoms with Crippen LogP contribution in [0.5, 0.6) is 5.75 Å². The molecule has 31 heavy (non-hydrogen) atoms. The molecular weight excluding hydrogens is 376 g/mol. The molecule has 0 spiro atoms. The van der Waals surface area contributed by atoms with Crippen LogP contribution in [0.2, 0.25) is 0 Å².